The van der Waals surface area contributed by atoms with E-state index in [1.54, 1.807) is 7.11 Å². The van der Waals surface area contributed by atoms with Gasteiger partial charge in [-0.3, -0.25) is 0 Å². The second-order valence-electron chi connectivity index (χ2n) is 3.05. The number of nitrogens with zero attached hydrogens (tertiary/aromatic N) is 1. The summed E-state index contributed by atoms with van der Waals surface area (Å²) in [5.74, 6) is 0.890. The average molecular weight is 174 g/mol. The van der Waals surface area contributed by atoms with Crippen LogP contribution >= 0.6 is 0 Å². The van der Waals surface area contributed by atoms with Crippen LogP contribution in [0, 0.1) is 0 Å². The lowest BCUT2D eigenvalue weighted by molar-refractivity contribution is -0.645. The Balaban J connectivity index is 2.77. The van der Waals surface area contributed by atoms with E-state index < -0.39 is 0 Å². The molecule has 0 bridgehead atoms. The highest BCUT2D eigenvalue weighted by atomic mass is 16.5. The molecule has 1 aromatic carbocycles. The Hall–Kier alpha value is -1.57. The van der Waals surface area contributed by atoms with Gasteiger partial charge >= 0.3 is 0 Å². The fourth-order valence-corrected chi connectivity index (χ4v) is 1.49. The summed E-state index contributed by atoms with van der Waals surface area (Å²) in [5.41, 5.74) is 1.21. The van der Waals surface area contributed by atoms with Crippen LogP contribution in [0.5, 0.6) is 5.75 Å². The third-order valence-corrected chi connectivity index (χ3v) is 2.17. The highest BCUT2D eigenvalue weighted by Gasteiger charge is 2.05. The van der Waals surface area contributed by atoms with Crippen molar-refractivity contribution in [1.82, 2.24) is 0 Å². The summed E-state index contributed by atoms with van der Waals surface area (Å²) in [6.07, 6.45) is 1.97. The summed E-state index contributed by atoms with van der Waals surface area (Å²) >= 11 is 0. The lowest BCUT2D eigenvalue weighted by atomic mass is 10.2. The molecule has 2 rings (SSSR count). The highest BCUT2D eigenvalue weighted by molar-refractivity contribution is 5.76. The molecule has 2 nitrogen and oxygen atoms in total. The monoisotopic (exact) mass is 174 g/mol. The molecule has 1 heterocycles. The van der Waals surface area contributed by atoms with Crippen LogP contribution in [0.3, 0.4) is 0 Å². The molecule has 0 fully saturated rings. The summed E-state index contributed by atoms with van der Waals surface area (Å²) in [4.78, 5) is 0. The maximum Gasteiger partial charge on any atom is 0.212 e. The SMILES string of the molecule is COc1cc2ccccc2[n+](C)c1. The molecule has 0 aliphatic rings. The fourth-order valence-electron chi connectivity index (χ4n) is 1.49. The predicted octanol–water partition coefficient (Wildman–Crippen LogP) is 1.67. The smallest absolute Gasteiger partial charge is 0.212 e. The Labute approximate surface area is 77.4 Å². The molecule has 0 amide bonds. The topological polar surface area (TPSA) is 13.1 Å². The molecular weight excluding hydrogens is 162 g/mol. The van der Waals surface area contributed by atoms with Crippen LogP contribution in [-0.2, 0) is 7.05 Å². The molecule has 0 radical (unpaired) electrons. The zero-order chi connectivity index (χ0) is 9.26. The Morgan fingerprint density at radius 3 is 2.77 bits per heavy atom. The Kier molecular flexibility index (Phi) is 1.89. The summed E-state index contributed by atoms with van der Waals surface area (Å²) in [5, 5.41) is 1.20. The van der Waals surface area contributed by atoms with Crippen molar-refractivity contribution in [2.24, 2.45) is 7.05 Å². The number of fused-ring (bicyclic) bond motifs is 1. The molecule has 13 heavy (non-hydrogen) atoms. The van der Waals surface area contributed by atoms with E-state index in [-0.39, 0.29) is 0 Å². The van der Waals surface area contributed by atoms with Crippen molar-refractivity contribution in [3.8, 4) is 5.75 Å². The summed E-state index contributed by atoms with van der Waals surface area (Å²) in [7, 11) is 3.70. The van der Waals surface area contributed by atoms with Gasteiger partial charge in [-0.2, -0.15) is 4.57 Å². The minimum absolute atomic E-state index is 0.890. The Bertz CT molecular complexity index is 437. The van der Waals surface area contributed by atoms with Crippen LogP contribution in [0.4, 0.5) is 0 Å². The highest BCUT2D eigenvalue weighted by Crippen LogP contribution is 2.15. The first-order chi connectivity index (χ1) is 6.31. The minimum atomic E-state index is 0.890. The van der Waals surface area contributed by atoms with Crippen LogP contribution in [0.1, 0.15) is 0 Å². The van der Waals surface area contributed by atoms with E-state index in [0.717, 1.165) is 5.75 Å². The molecule has 0 N–H and O–H groups in total. The maximum absolute atomic E-state index is 5.18. The largest absolute Gasteiger partial charge is 0.491 e. The minimum Gasteiger partial charge on any atom is -0.491 e. The van der Waals surface area contributed by atoms with E-state index in [4.69, 9.17) is 4.74 Å². The van der Waals surface area contributed by atoms with Crippen molar-refractivity contribution in [3.05, 3.63) is 36.5 Å². The van der Waals surface area contributed by atoms with Crippen molar-refractivity contribution >= 4 is 10.9 Å². The van der Waals surface area contributed by atoms with Crippen molar-refractivity contribution in [2.45, 2.75) is 0 Å². The second-order valence-corrected chi connectivity index (χ2v) is 3.05. The van der Waals surface area contributed by atoms with Gasteiger partial charge in [0.15, 0.2) is 5.75 Å². The number of ether oxygens (including phenoxy) is 1. The number of benzene rings is 1. The summed E-state index contributed by atoms with van der Waals surface area (Å²) in [6.45, 7) is 0. The number of hydrogen-bond donors (Lipinski definition) is 0. The fraction of sp³-hybridized carbons (Fsp3) is 0.182. The van der Waals surface area contributed by atoms with Crippen LogP contribution in [0.2, 0.25) is 0 Å². The third-order valence-electron chi connectivity index (χ3n) is 2.17. The molecule has 66 valence electrons. The lowest BCUT2D eigenvalue weighted by Gasteiger charge is -2.00. The van der Waals surface area contributed by atoms with Gasteiger partial charge in [0.25, 0.3) is 0 Å². The molecular formula is C11H12NO+. The molecule has 2 aromatic rings. The standard InChI is InChI=1S/C11H12NO/c1-12-8-10(13-2)7-9-5-3-4-6-11(9)12/h3-8H,1-2H3/q+1. The molecule has 0 saturated carbocycles. The van der Waals surface area contributed by atoms with Crippen molar-refractivity contribution in [1.29, 1.82) is 0 Å². The first-order valence-electron chi connectivity index (χ1n) is 4.23. The number of pyridine rings is 1. The summed E-state index contributed by atoms with van der Waals surface area (Å²) in [6, 6.07) is 10.3. The second kappa shape index (κ2) is 3.05. The molecule has 2 heteroatoms. The number of methoxy groups -OCH3 is 1. The van der Waals surface area contributed by atoms with Gasteiger partial charge in [0.1, 0.15) is 7.05 Å². The van der Waals surface area contributed by atoms with Crippen molar-refractivity contribution in [3.63, 3.8) is 0 Å². The van der Waals surface area contributed by atoms with Gasteiger partial charge in [0.2, 0.25) is 11.7 Å². The molecule has 1 aromatic heterocycles. The van der Waals surface area contributed by atoms with Gasteiger partial charge in [-0.25, -0.2) is 0 Å². The van der Waals surface area contributed by atoms with E-state index in [1.807, 2.05) is 31.4 Å². The zero-order valence-electron chi connectivity index (χ0n) is 7.82. The van der Waals surface area contributed by atoms with Gasteiger partial charge in [0.05, 0.1) is 12.5 Å². The van der Waals surface area contributed by atoms with Gasteiger partial charge in [-0.15, -0.1) is 0 Å². The van der Waals surface area contributed by atoms with Gasteiger partial charge in [-0.1, -0.05) is 12.1 Å². The Morgan fingerprint density at radius 1 is 1.23 bits per heavy atom. The van der Waals surface area contributed by atoms with Gasteiger partial charge < -0.3 is 4.74 Å². The van der Waals surface area contributed by atoms with E-state index >= 15 is 0 Å². The predicted molar refractivity (Wildman–Crippen MR) is 51.7 cm³/mol. The molecule has 0 atom stereocenters. The van der Waals surface area contributed by atoms with Crippen LogP contribution in [-0.4, -0.2) is 7.11 Å². The number of aryl methyl sites for hydroxylation is 1. The average Bonchev–Trinajstić information content (AvgIpc) is 2.18. The first-order valence-corrected chi connectivity index (χ1v) is 4.23. The molecule has 0 aliphatic carbocycles. The molecule has 0 saturated heterocycles. The van der Waals surface area contributed by atoms with E-state index in [9.17, 15) is 0 Å². The molecule has 0 aliphatic heterocycles. The first kappa shape index (κ1) is 8.05. The third kappa shape index (κ3) is 1.35. The Morgan fingerprint density at radius 2 is 2.00 bits per heavy atom. The van der Waals surface area contributed by atoms with Crippen LogP contribution in [0.15, 0.2) is 36.5 Å². The molecule has 0 unspecified atom stereocenters. The van der Waals surface area contributed by atoms with Crippen LogP contribution in [0.25, 0.3) is 10.9 Å². The number of para-hydroxylation sites is 1. The van der Waals surface area contributed by atoms with Crippen molar-refractivity contribution in [2.75, 3.05) is 7.11 Å². The number of rotatable bonds is 1. The number of hydrogen-bond acceptors (Lipinski definition) is 1. The van der Waals surface area contributed by atoms with E-state index in [2.05, 4.69) is 16.7 Å². The van der Waals surface area contributed by atoms with Gasteiger partial charge in [0, 0.05) is 12.1 Å². The quantitative estimate of drug-likeness (QED) is 0.599. The van der Waals surface area contributed by atoms with Crippen molar-refractivity contribution < 1.29 is 9.30 Å². The molecule has 0 spiro atoms. The number of aromatic nitrogens is 1. The normalized spacial score (nSPS) is 10.3. The van der Waals surface area contributed by atoms with E-state index in [0.29, 0.717) is 0 Å². The maximum atomic E-state index is 5.18. The lowest BCUT2D eigenvalue weighted by Crippen LogP contribution is -2.28. The van der Waals surface area contributed by atoms with E-state index in [1.165, 1.54) is 10.9 Å². The zero-order valence-corrected chi connectivity index (χ0v) is 7.82. The van der Waals surface area contributed by atoms with Crippen LogP contribution < -0.4 is 9.30 Å². The summed E-state index contributed by atoms with van der Waals surface area (Å²) < 4.78 is 7.25. The van der Waals surface area contributed by atoms with Gasteiger partial charge in [-0.05, 0) is 6.07 Å².